The number of nitriles is 1. The number of carbonyl (C=O) groups is 1. The van der Waals surface area contributed by atoms with E-state index >= 15 is 0 Å². The molecule has 0 aliphatic carbocycles. The lowest BCUT2D eigenvalue weighted by Crippen LogP contribution is -2.33. The van der Waals surface area contributed by atoms with Gasteiger partial charge in [-0.1, -0.05) is 0 Å². The Morgan fingerprint density at radius 1 is 1.50 bits per heavy atom. The highest BCUT2D eigenvalue weighted by molar-refractivity contribution is 5.95. The summed E-state index contributed by atoms with van der Waals surface area (Å²) in [5, 5.41) is 8.91. The highest BCUT2D eigenvalue weighted by atomic mass is 16.6. The highest BCUT2D eigenvalue weighted by Gasteiger charge is 2.33. The first-order valence-electron chi connectivity index (χ1n) is 5.07. The number of esters is 1. The zero-order valence-electron chi connectivity index (χ0n) is 10.1. The molecule has 0 aromatic carbocycles. The summed E-state index contributed by atoms with van der Waals surface area (Å²) in [5.41, 5.74) is 0.304. The number of rotatable bonds is 2. The molecule has 1 rings (SSSR count). The Morgan fingerprint density at radius 2 is 2.12 bits per heavy atom. The maximum absolute atomic E-state index is 11.5. The number of cyclic esters (lactones) is 1. The minimum absolute atomic E-state index is 0.109. The van der Waals surface area contributed by atoms with E-state index in [1.165, 1.54) is 0 Å². The minimum Gasteiger partial charge on any atom is -0.455 e. The minimum atomic E-state index is -0.538. The molecule has 4 heteroatoms. The highest BCUT2D eigenvalue weighted by Crippen LogP contribution is 2.29. The average Bonchev–Trinajstić information content (AvgIpc) is 2.12. The number of carbonyl (C=O) groups excluding carboxylic acids is 1. The summed E-state index contributed by atoms with van der Waals surface area (Å²) >= 11 is 0. The van der Waals surface area contributed by atoms with Crippen molar-refractivity contribution in [3.63, 3.8) is 0 Å². The first-order valence-corrected chi connectivity index (χ1v) is 5.07. The van der Waals surface area contributed by atoms with E-state index in [0.29, 0.717) is 6.42 Å². The van der Waals surface area contributed by atoms with Gasteiger partial charge in [-0.3, -0.25) is 0 Å². The van der Waals surface area contributed by atoms with Crippen LogP contribution in [0.5, 0.6) is 0 Å². The third kappa shape index (κ3) is 2.86. The van der Waals surface area contributed by atoms with Crippen LogP contribution >= 0.6 is 0 Å². The van der Waals surface area contributed by atoms with Gasteiger partial charge in [0.05, 0.1) is 0 Å². The van der Waals surface area contributed by atoms with Crippen LogP contribution in [0.4, 0.5) is 0 Å². The van der Waals surface area contributed by atoms with Gasteiger partial charge < -0.3 is 9.64 Å². The normalized spacial score (nSPS) is 19.6. The van der Waals surface area contributed by atoms with Gasteiger partial charge in [0.25, 0.3) is 0 Å². The zero-order valence-corrected chi connectivity index (χ0v) is 10.1. The molecular weight excluding hydrogens is 204 g/mol. The molecule has 0 unspecified atom stereocenters. The van der Waals surface area contributed by atoms with Gasteiger partial charge in [0.15, 0.2) is 0 Å². The lowest BCUT2D eigenvalue weighted by atomic mass is 9.92. The fourth-order valence-electron chi connectivity index (χ4n) is 1.51. The van der Waals surface area contributed by atoms with Crippen molar-refractivity contribution in [2.45, 2.75) is 25.9 Å². The van der Waals surface area contributed by atoms with Gasteiger partial charge in [-0.05, 0) is 31.7 Å². The predicted molar refractivity (Wildman–Crippen MR) is 60.3 cm³/mol. The smallest absolute Gasteiger partial charge is 0.349 e. The predicted octanol–water partition coefficient (Wildman–Crippen LogP) is 1.61. The number of ether oxygens (including phenoxy) is 1. The van der Waals surface area contributed by atoms with Crippen molar-refractivity contribution in [1.82, 2.24) is 4.90 Å². The number of nitrogens with zero attached hydrogens (tertiary/aromatic N) is 2. The van der Waals surface area contributed by atoms with Crippen molar-refractivity contribution in [2.24, 2.45) is 0 Å². The molecule has 1 aliphatic rings. The molecule has 0 radical (unpaired) electrons. The molecule has 0 saturated carbocycles. The first kappa shape index (κ1) is 12.3. The first-order chi connectivity index (χ1) is 7.35. The van der Waals surface area contributed by atoms with Gasteiger partial charge in [-0.2, -0.15) is 5.26 Å². The van der Waals surface area contributed by atoms with Crippen LogP contribution in [-0.4, -0.2) is 30.6 Å². The van der Waals surface area contributed by atoms with Crippen LogP contribution in [0.2, 0.25) is 0 Å². The molecule has 0 aromatic heterocycles. The van der Waals surface area contributed by atoms with E-state index in [4.69, 9.17) is 10.00 Å². The van der Waals surface area contributed by atoms with Crippen LogP contribution < -0.4 is 0 Å². The summed E-state index contributed by atoms with van der Waals surface area (Å²) in [6.07, 6.45) is 4.17. The van der Waals surface area contributed by atoms with Crippen molar-refractivity contribution in [1.29, 1.82) is 5.26 Å². The Bertz CT molecular complexity index is 398. The van der Waals surface area contributed by atoms with Gasteiger partial charge in [0.1, 0.15) is 17.2 Å². The molecule has 4 nitrogen and oxygen atoms in total. The van der Waals surface area contributed by atoms with Crippen LogP contribution in [0.15, 0.2) is 23.4 Å². The molecule has 0 N–H and O–H groups in total. The molecule has 1 heterocycles. The van der Waals surface area contributed by atoms with Crippen LogP contribution in [-0.2, 0) is 9.53 Å². The Labute approximate surface area is 95.8 Å². The van der Waals surface area contributed by atoms with Crippen LogP contribution in [0.3, 0.4) is 0 Å². The van der Waals surface area contributed by atoms with Crippen LogP contribution in [0, 0.1) is 11.3 Å². The molecule has 86 valence electrons. The number of hydrogen-bond donors (Lipinski definition) is 0. The van der Waals surface area contributed by atoms with E-state index in [1.54, 1.807) is 6.08 Å². The van der Waals surface area contributed by atoms with Gasteiger partial charge in [-0.15, -0.1) is 0 Å². The second-order valence-corrected chi connectivity index (χ2v) is 4.62. The Morgan fingerprint density at radius 3 is 2.62 bits per heavy atom. The van der Waals surface area contributed by atoms with E-state index in [0.717, 1.165) is 5.57 Å². The molecule has 0 spiro atoms. The Kier molecular flexibility index (Phi) is 3.38. The van der Waals surface area contributed by atoms with Gasteiger partial charge >= 0.3 is 5.97 Å². The van der Waals surface area contributed by atoms with Crippen molar-refractivity contribution >= 4 is 5.97 Å². The molecule has 0 atom stereocenters. The van der Waals surface area contributed by atoms with E-state index in [1.807, 2.05) is 45.1 Å². The summed E-state index contributed by atoms with van der Waals surface area (Å²) in [5.74, 6) is -0.530. The molecular formula is C12H16N2O2. The van der Waals surface area contributed by atoms with Crippen molar-refractivity contribution in [3.05, 3.63) is 23.4 Å². The quantitative estimate of drug-likeness (QED) is 0.663. The van der Waals surface area contributed by atoms with Crippen molar-refractivity contribution in [2.75, 3.05) is 14.1 Å². The summed E-state index contributed by atoms with van der Waals surface area (Å²) in [7, 11) is 3.77. The summed E-state index contributed by atoms with van der Waals surface area (Å²) < 4.78 is 5.15. The third-order valence-corrected chi connectivity index (χ3v) is 2.20. The van der Waals surface area contributed by atoms with Gasteiger partial charge in [-0.25, -0.2) is 4.79 Å². The summed E-state index contributed by atoms with van der Waals surface area (Å²) in [6, 6.07) is 1.90. The number of allylic oxidation sites excluding steroid dienone is 1. The lowest BCUT2D eigenvalue weighted by Gasteiger charge is -2.30. The molecule has 0 bridgehead atoms. The van der Waals surface area contributed by atoms with Crippen molar-refractivity contribution < 1.29 is 9.53 Å². The Hall–Kier alpha value is -1.76. The maximum atomic E-state index is 11.5. The lowest BCUT2D eigenvalue weighted by molar-refractivity contribution is -0.152. The molecule has 0 amide bonds. The van der Waals surface area contributed by atoms with E-state index in [2.05, 4.69) is 0 Å². The molecule has 0 saturated heterocycles. The van der Waals surface area contributed by atoms with E-state index < -0.39 is 11.6 Å². The van der Waals surface area contributed by atoms with Gasteiger partial charge in [0, 0.05) is 20.5 Å². The van der Waals surface area contributed by atoms with Gasteiger partial charge in [0.2, 0.25) is 0 Å². The molecule has 16 heavy (non-hydrogen) atoms. The average molecular weight is 220 g/mol. The third-order valence-electron chi connectivity index (χ3n) is 2.20. The summed E-state index contributed by atoms with van der Waals surface area (Å²) in [6.45, 7) is 3.67. The molecule has 1 aliphatic heterocycles. The SMILES string of the molecule is CN(C)C=CC1=C(C#N)C(=O)OC(C)(C)C1. The molecule has 0 fully saturated rings. The fraction of sp³-hybridized carbons (Fsp3) is 0.500. The maximum Gasteiger partial charge on any atom is 0.349 e. The second-order valence-electron chi connectivity index (χ2n) is 4.62. The van der Waals surface area contributed by atoms with Crippen LogP contribution in [0.1, 0.15) is 20.3 Å². The van der Waals surface area contributed by atoms with Crippen LogP contribution in [0.25, 0.3) is 0 Å². The summed E-state index contributed by atoms with van der Waals surface area (Å²) in [4.78, 5) is 13.4. The standard InChI is InChI=1S/C12H16N2O2/c1-12(2)7-9(5-6-14(3)4)10(8-13)11(15)16-12/h5-6H,7H2,1-4H3. The van der Waals surface area contributed by atoms with E-state index in [-0.39, 0.29) is 5.57 Å². The fourth-order valence-corrected chi connectivity index (χ4v) is 1.51. The number of hydrogen-bond acceptors (Lipinski definition) is 4. The second kappa shape index (κ2) is 4.40. The molecule has 0 aromatic rings. The van der Waals surface area contributed by atoms with E-state index in [9.17, 15) is 4.79 Å². The zero-order chi connectivity index (χ0) is 12.3. The monoisotopic (exact) mass is 220 g/mol. The Balaban J connectivity index is 3.09. The topological polar surface area (TPSA) is 53.3 Å². The largest absolute Gasteiger partial charge is 0.455 e. The van der Waals surface area contributed by atoms with Crippen molar-refractivity contribution in [3.8, 4) is 6.07 Å².